The van der Waals surface area contributed by atoms with Crippen molar-refractivity contribution in [3.63, 3.8) is 0 Å². The summed E-state index contributed by atoms with van der Waals surface area (Å²) in [6, 6.07) is 0. The molecule has 0 bridgehead atoms. The molecule has 0 saturated carbocycles. The standard InChI is InChI=1S/C13H25NO2/c1-3-4-5-6-7-8-9-12(15)14-10-13(2,16)11-14/h16H,3-11H2,1-2H3. The maximum absolute atomic E-state index is 11.6. The van der Waals surface area contributed by atoms with Crippen LogP contribution in [0.2, 0.25) is 0 Å². The van der Waals surface area contributed by atoms with Crippen LogP contribution in [0.5, 0.6) is 0 Å². The van der Waals surface area contributed by atoms with E-state index < -0.39 is 5.60 Å². The van der Waals surface area contributed by atoms with E-state index in [2.05, 4.69) is 6.92 Å². The van der Waals surface area contributed by atoms with Crippen molar-refractivity contribution in [1.82, 2.24) is 4.90 Å². The zero-order valence-electron chi connectivity index (χ0n) is 10.7. The lowest BCUT2D eigenvalue weighted by molar-refractivity contribution is -0.152. The Labute approximate surface area is 98.8 Å². The Kier molecular flexibility index (Phi) is 5.26. The Morgan fingerprint density at radius 2 is 1.75 bits per heavy atom. The molecule has 1 aliphatic rings. The van der Waals surface area contributed by atoms with Gasteiger partial charge in [0.15, 0.2) is 0 Å². The van der Waals surface area contributed by atoms with Gasteiger partial charge in [0.1, 0.15) is 0 Å². The second-order valence-electron chi connectivity index (χ2n) is 5.26. The minimum atomic E-state index is -0.628. The van der Waals surface area contributed by atoms with Crippen LogP contribution in [-0.4, -0.2) is 34.6 Å². The Morgan fingerprint density at radius 3 is 2.31 bits per heavy atom. The van der Waals surface area contributed by atoms with E-state index in [0.29, 0.717) is 19.5 Å². The highest BCUT2D eigenvalue weighted by molar-refractivity contribution is 5.77. The van der Waals surface area contributed by atoms with E-state index in [9.17, 15) is 9.90 Å². The molecule has 0 aromatic heterocycles. The molecule has 1 aliphatic heterocycles. The van der Waals surface area contributed by atoms with E-state index in [4.69, 9.17) is 0 Å². The second kappa shape index (κ2) is 6.24. The third kappa shape index (κ3) is 4.52. The normalized spacial score (nSPS) is 18.3. The van der Waals surface area contributed by atoms with Gasteiger partial charge in [0, 0.05) is 6.42 Å². The number of unbranched alkanes of at least 4 members (excludes halogenated alkanes) is 5. The third-order valence-corrected chi connectivity index (χ3v) is 3.16. The Hall–Kier alpha value is -0.570. The van der Waals surface area contributed by atoms with Gasteiger partial charge in [-0.15, -0.1) is 0 Å². The average molecular weight is 227 g/mol. The first-order valence-electron chi connectivity index (χ1n) is 6.55. The summed E-state index contributed by atoms with van der Waals surface area (Å²) < 4.78 is 0. The second-order valence-corrected chi connectivity index (χ2v) is 5.26. The lowest BCUT2D eigenvalue weighted by atomic mass is 9.96. The highest BCUT2D eigenvalue weighted by Gasteiger charge is 2.38. The minimum absolute atomic E-state index is 0.210. The van der Waals surface area contributed by atoms with Crippen molar-refractivity contribution < 1.29 is 9.90 Å². The van der Waals surface area contributed by atoms with Gasteiger partial charge in [0.2, 0.25) is 5.91 Å². The fourth-order valence-corrected chi connectivity index (χ4v) is 2.17. The van der Waals surface area contributed by atoms with Gasteiger partial charge < -0.3 is 10.0 Å². The number of carbonyl (C=O) groups excluding carboxylic acids is 1. The molecule has 0 unspecified atom stereocenters. The van der Waals surface area contributed by atoms with Crippen LogP contribution < -0.4 is 0 Å². The zero-order chi connectivity index (χ0) is 12.0. The Bertz CT molecular complexity index is 218. The van der Waals surface area contributed by atoms with E-state index in [1.54, 1.807) is 11.8 Å². The lowest BCUT2D eigenvalue weighted by Gasteiger charge is -2.44. The van der Waals surface area contributed by atoms with Gasteiger partial charge >= 0.3 is 0 Å². The summed E-state index contributed by atoms with van der Waals surface area (Å²) in [4.78, 5) is 13.4. The smallest absolute Gasteiger partial charge is 0.222 e. The summed E-state index contributed by atoms with van der Waals surface area (Å²) in [6.07, 6.45) is 7.94. The first-order valence-corrected chi connectivity index (χ1v) is 6.55. The van der Waals surface area contributed by atoms with Crippen LogP contribution in [0.1, 0.15) is 58.8 Å². The molecule has 1 rings (SSSR count). The van der Waals surface area contributed by atoms with Crippen molar-refractivity contribution >= 4 is 5.91 Å². The number of aliphatic hydroxyl groups is 1. The molecule has 1 saturated heterocycles. The van der Waals surface area contributed by atoms with Crippen molar-refractivity contribution in [1.29, 1.82) is 0 Å². The molecule has 3 heteroatoms. The first-order chi connectivity index (χ1) is 7.55. The van der Waals surface area contributed by atoms with Crippen molar-refractivity contribution in [3.8, 4) is 0 Å². The summed E-state index contributed by atoms with van der Waals surface area (Å²) in [6.45, 7) is 5.02. The molecule has 3 nitrogen and oxygen atoms in total. The van der Waals surface area contributed by atoms with Gasteiger partial charge in [-0.3, -0.25) is 4.79 Å². The quantitative estimate of drug-likeness (QED) is 0.678. The minimum Gasteiger partial charge on any atom is -0.386 e. The van der Waals surface area contributed by atoms with Crippen molar-refractivity contribution in [2.45, 2.75) is 64.4 Å². The SMILES string of the molecule is CCCCCCCCC(=O)N1CC(C)(O)C1. The number of likely N-dealkylation sites (tertiary alicyclic amines) is 1. The number of carbonyl (C=O) groups is 1. The van der Waals surface area contributed by atoms with E-state index >= 15 is 0 Å². The number of rotatable bonds is 7. The van der Waals surface area contributed by atoms with E-state index in [1.165, 1.54) is 25.7 Å². The van der Waals surface area contributed by atoms with Crippen LogP contribution in [0.4, 0.5) is 0 Å². The number of hydrogen-bond acceptors (Lipinski definition) is 2. The summed E-state index contributed by atoms with van der Waals surface area (Å²) in [5.41, 5.74) is -0.628. The third-order valence-electron chi connectivity index (χ3n) is 3.16. The average Bonchev–Trinajstić information content (AvgIpc) is 2.19. The van der Waals surface area contributed by atoms with E-state index in [-0.39, 0.29) is 5.91 Å². The molecule has 0 aliphatic carbocycles. The summed E-state index contributed by atoms with van der Waals surface area (Å²) in [5, 5.41) is 9.51. The largest absolute Gasteiger partial charge is 0.386 e. The molecule has 0 radical (unpaired) electrons. The highest BCUT2D eigenvalue weighted by atomic mass is 16.3. The summed E-state index contributed by atoms with van der Waals surface area (Å²) >= 11 is 0. The molecular formula is C13H25NO2. The van der Waals surface area contributed by atoms with Gasteiger partial charge in [-0.2, -0.15) is 0 Å². The van der Waals surface area contributed by atoms with E-state index in [0.717, 1.165) is 12.8 Å². The van der Waals surface area contributed by atoms with Gasteiger partial charge in [-0.25, -0.2) is 0 Å². The molecule has 1 heterocycles. The predicted octanol–water partition coefficient (Wildman–Crippen LogP) is 2.33. The Balaban J connectivity index is 1.95. The number of β-amino-alcohol motifs (C(OH)–C–C–N with tert-alkyl or cyclic N) is 1. The maximum Gasteiger partial charge on any atom is 0.222 e. The molecule has 94 valence electrons. The monoisotopic (exact) mass is 227 g/mol. The molecule has 1 amide bonds. The van der Waals surface area contributed by atoms with Crippen LogP contribution in [0, 0.1) is 0 Å². The van der Waals surface area contributed by atoms with Crippen molar-refractivity contribution in [3.05, 3.63) is 0 Å². The number of nitrogens with zero attached hydrogens (tertiary/aromatic N) is 1. The highest BCUT2D eigenvalue weighted by Crippen LogP contribution is 2.21. The molecule has 0 atom stereocenters. The summed E-state index contributed by atoms with van der Waals surface area (Å²) in [5.74, 6) is 0.210. The Morgan fingerprint density at radius 1 is 1.19 bits per heavy atom. The van der Waals surface area contributed by atoms with Crippen LogP contribution in [-0.2, 0) is 4.79 Å². The van der Waals surface area contributed by atoms with Gasteiger partial charge in [0.05, 0.1) is 18.7 Å². The van der Waals surface area contributed by atoms with Gasteiger partial charge in [-0.1, -0.05) is 39.0 Å². The van der Waals surface area contributed by atoms with Crippen LogP contribution in [0.25, 0.3) is 0 Å². The fourth-order valence-electron chi connectivity index (χ4n) is 2.17. The first kappa shape index (κ1) is 13.5. The van der Waals surface area contributed by atoms with E-state index in [1.807, 2.05) is 0 Å². The molecule has 0 spiro atoms. The molecular weight excluding hydrogens is 202 g/mol. The molecule has 0 aromatic carbocycles. The fraction of sp³-hybridized carbons (Fsp3) is 0.923. The zero-order valence-corrected chi connectivity index (χ0v) is 10.7. The topological polar surface area (TPSA) is 40.5 Å². The van der Waals surface area contributed by atoms with Crippen LogP contribution in [0.3, 0.4) is 0 Å². The van der Waals surface area contributed by atoms with Gasteiger partial charge in [0.25, 0.3) is 0 Å². The van der Waals surface area contributed by atoms with Crippen molar-refractivity contribution in [2.24, 2.45) is 0 Å². The molecule has 1 fully saturated rings. The maximum atomic E-state index is 11.6. The predicted molar refractivity (Wildman–Crippen MR) is 65.2 cm³/mol. The van der Waals surface area contributed by atoms with Crippen LogP contribution >= 0.6 is 0 Å². The molecule has 1 N–H and O–H groups in total. The number of amides is 1. The van der Waals surface area contributed by atoms with Crippen molar-refractivity contribution in [2.75, 3.05) is 13.1 Å². The number of hydrogen-bond donors (Lipinski definition) is 1. The summed E-state index contributed by atoms with van der Waals surface area (Å²) in [7, 11) is 0. The van der Waals surface area contributed by atoms with Crippen LogP contribution in [0.15, 0.2) is 0 Å². The molecule has 16 heavy (non-hydrogen) atoms. The molecule has 0 aromatic rings. The lowest BCUT2D eigenvalue weighted by Crippen LogP contribution is -2.61. The van der Waals surface area contributed by atoms with Gasteiger partial charge in [-0.05, 0) is 13.3 Å².